The number of alkyl halides is 3. The summed E-state index contributed by atoms with van der Waals surface area (Å²) in [6.07, 6.45) is -4.84. The van der Waals surface area contributed by atoms with Gasteiger partial charge in [0.15, 0.2) is 5.54 Å². The van der Waals surface area contributed by atoms with Crippen molar-refractivity contribution in [3.63, 3.8) is 0 Å². The molecule has 0 bridgehead atoms. The highest BCUT2D eigenvalue weighted by atomic mass is 19.4. The van der Waals surface area contributed by atoms with E-state index in [0.717, 1.165) is 17.2 Å². The number of halogens is 3. The molecule has 1 aromatic rings. The highest BCUT2D eigenvalue weighted by Crippen LogP contribution is 2.34. The molecule has 0 saturated carbocycles. The second-order valence-electron chi connectivity index (χ2n) is 8.77. The first kappa shape index (κ1) is 26.0. The number of hydrogen-bond acceptors (Lipinski definition) is 5. The van der Waals surface area contributed by atoms with Crippen molar-refractivity contribution >= 4 is 12.0 Å². The third-order valence-corrected chi connectivity index (χ3v) is 5.08. The van der Waals surface area contributed by atoms with E-state index in [9.17, 15) is 28.0 Å². The molecule has 0 unspecified atom stereocenters. The maximum Gasteiger partial charge on any atom is 0.416 e. The molecule has 10 heteroatoms. The monoisotopic (exact) mass is 467 g/mol. The molecule has 1 aromatic carbocycles. The number of ether oxygens (including phenoxy) is 1. The van der Waals surface area contributed by atoms with E-state index in [4.69, 9.17) is 9.57 Å². The zero-order valence-electron chi connectivity index (χ0n) is 19.2. The fraction of sp³-hybridized carbons (Fsp3) is 0.522. The summed E-state index contributed by atoms with van der Waals surface area (Å²) < 4.78 is 44.8. The highest BCUT2D eigenvalue weighted by molar-refractivity contribution is 5.94. The van der Waals surface area contributed by atoms with Crippen LogP contribution in [0.3, 0.4) is 0 Å². The van der Waals surface area contributed by atoms with Crippen LogP contribution < -0.4 is 0 Å². The zero-order chi connectivity index (χ0) is 25.0. The quantitative estimate of drug-likeness (QED) is 0.434. The minimum atomic E-state index is -4.64. The van der Waals surface area contributed by atoms with Gasteiger partial charge < -0.3 is 14.5 Å². The van der Waals surface area contributed by atoms with E-state index in [-0.39, 0.29) is 37.3 Å². The van der Waals surface area contributed by atoms with Gasteiger partial charge in [0.1, 0.15) is 11.4 Å². The summed E-state index contributed by atoms with van der Waals surface area (Å²) in [6, 6.07) is 6.00. The summed E-state index contributed by atoms with van der Waals surface area (Å²) in [5.74, 6) is -0.734. The van der Waals surface area contributed by atoms with Crippen LogP contribution in [0.4, 0.5) is 18.0 Å². The van der Waals surface area contributed by atoms with Gasteiger partial charge in [0.25, 0.3) is 5.91 Å². The molecule has 0 N–H and O–H groups in total. The summed E-state index contributed by atoms with van der Waals surface area (Å²) in [4.78, 5) is 32.7. The van der Waals surface area contributed by atoms with Crippen LogP contribution in [0.15, 0.2) is 36.6 Å². The van der Waals surface area contributed by atoms with E-state index in [1.54, 1.807) is 27.7 Å². The van der Waals surface area contributed by atoms with E-state index in [0.29, 0.717) is 12.5 Å². The predicted octanol–water partition coefficient (Wildman–Crippen LogP) is 5.30. The van der Waals surface area contributed by atoms with Crippen LogP contribution in [0.1, 0.15) is 62.9 Å². The van der Waals surface area contributed by atoms with Gasteiger partial charge in [0.2, 0.25) is 0 Å². The molecular weight excluding hydrogens is 439 g/mol. The molecule has 1 saturated heterocycles. The van der Waals surface area contributed by atoms with E-state index < -0.39 is 34.9 Å². The summed E-state index contributed by atoms with van der Waals surface area (Å²) in [5, 5.41) is 10.8. The molecule has 180 valence electrons. The number of nitrogens with zero attached hydrogens (tertiary/aromatic N) is 3. The molecule has 7 nitrogen and oxygen atoms in total. The van der Waals surface area contributed by atoms with Gasteiger partial charge in [-0.15, -0.1) is 0 Å². The Bertz CT molecular complexity index is 939. The van der Waals surface area contributed by atoms with Gasteiger partial charge in [-0.3, -0.25) is 4.79 Å². The number of amides is 2. The second-order valence-corrected chi connectivity index (χ2v) is 8.77. The van der Waals surface area contributed by atoms with Gasteiger partial charge in [-0.1, -0.05) is 19.6 Å². The predicted molar refractivity (Wildman–Crippen MR) is 114 cm³/mol. The Morgan fingerprint density at radius 2 is 1.85 bits per heavy atom. The number of carbonyl (C=O) groups is 2. The lowest BCUT2D eigenvalue weighted by Crippen LogP contribution is -2.57. The number of hydrogen-bond donors (Lipinski definition) is 0. The van der Waals surface area contributed by atoms with Crippen LogP contribution in [0, 0.1) is 11.3 Å². The van der Waals surface area contributed by atoms with Crippen LogP contribution in [0.5, 0.6) is 0 Å². The molecule has 33 heavy (non-hydrogen) atoms. The van der Waals surface area contributed by atoms with Crippen molar-refractivity contribution in [1.82, 2.24) is 9.96 Å². The van der Waals surface area contributed by atoms with Gasteiger partial charge in [0.05, 0.1) is 11.6 Å². The van der Waals surface area contributed by atoms with Crippen LogP contribution in [-0.2, 0) is 15.8 Å². The topological polar surface area (TPSA) is 82.9 Å². The lowest BCUT2D eigenvalue weighted by atomic mass is 9.88. The molecule has 0 radical (unpaired) electrons. The van der Waals surface area contributed by atoms with Gasteiger partial charge in [0, 0.05) is 37.9 Å². The molecule has 1 heterocycles. The number of allylic oxidation sites excluding steroid dienone is 1. The highest BCUT2D eigenvalue weighted by Gasteiger charge is 2.47. The molecule has 2 rings (SSSR count). The van der Waals surface area contributed by atoms with Crippen LogP contribution in [0.25, 0.3) is 0 Å². The first-order chi connectivity index (χ1) is 15.2. The third-order valence-electron chi connectivity index (χ3n) is 5.08. The normalized spacial score (nSPS) is 15.9. The van der Waals surface area contributed by atoms with Gasteiger partial charge in [-0.05, 0) is 39.0 Å². The first-order valence-electron chi connectivity index (χ1n) is 10.5. The summed E-state index contributed by atoms with van der Waals surface area (Å²) in [6.45, 7) is 10.8. The molecular formula is C23H28F3N3O4. The average molecular weight is 467 g/mol. The number of piperidine rings is 1. The van der Waals surface area contributed by atoms with E-state index in [2.05, 4.69) is 12.6 Å². The third kappa shape index (κ3) is 6.40. The summed E-state index contributed by atoms with van der Waals surface area (Å²) in [5.41, 5.74) is -3.48. The zero-order valence-corrected chi connectivity index (χ0v) is 19.2. The maximum absolute atomic E-state index is 13.3. The molecule has 0 spiro atoms. The fourth-order valence-electron chi connectivity index (χ4n) is 3.21. The Hall–Kier alpha value is -3.22. The lowest BCUT2D eigenvalue weighted by Gasteiger charge is -2.43. The number of rotatable bonds is 5. The number of carbonyl (C=O) groups excluding carboxylic acids is 2. The van der Waals surface area contributed by atoms with Gasteiger partial charge in [-0.25, -0.2) is 4.79 Å². The first-order valence-corrected chi connectivity index (χ1v) is 10.5. The van der Waals surface area contributed by atoms with Gasteiger partial charge >= 0.3 is 12.3 Å². The molecule has 1 aliphatic heterocycles. The maximum atomic E-state index is 13.3. The lowest BCUT2D eigenvalue weighted by molar-refractivity contribution is -0.149. The molecule has 0 atom stereocenters. The van der Waals surface area contributed by atoms with E-state index in [1.165, 1.54) is 11.0 Å². The fourth-order valence-corrected chi connectivity index (χ4v) is 3.21. The molecule has 0 aliphatic carbocycles. The average Bonchev–Trinajstić information content (AvgIpc) is 2.75. The number of benzene rings is 1. The second kappa shape index (κ2) is 9.73. The Labute approximate surface area is 191 Å². The minimum absolute atomic E-state index is 0.0183. The van der Waals surface area contributed by atoms with E-state index >= 15 is 0 Å². The Kier molecular flexibility index (Phi) is 7.68. The van der Waals surface area contributed by atoms with Gasteiger partial charge in [-0.2, -0.15) is 23.5 Å². The van der Waals surface area contributed by atoms with Crippen LogP contribution in [0.2, 0.25) is 0 Å². The number of hydroxylamine groups is 2. The van der Waals surface area contributed by atoms with Crippen molar-refractivity contribution < 1.29 is 32.3 Å². The van der Waals surface area contributed by atoms with Crippen molar-refractivity contribution in [2.45, 2.75) is 64.3 Å². The Morgan fingerprint density at radius 1 is 1.24 bits per heavy atom. The smallest absolute Gasteiger partial charge is 0.416 e. The minimum Gasteiger partial charge on any atom is -0.444 e. The van der Waals surface area contributed by atoms with Crippen molar-refractivity contribution in [2.75, 3.05) is 13.1 Å². The van der Waals surface area contributed by atoms with Crippen molar-refractivity contribution in [2.24, 2.45) is 0 Å². The van der Waals surface area contributed by atoms with E-state index in [1.807, 2.05) is 0 Å². The summed E-state index contributed by atoms with van der Waals surface area (Å²) in [7, 11) is 0. The van der Waals surface area contributed by atoms with Crippen LogP contribution >= 0.6 is 0 Å². The molecule has 2 amide bonds. The number of nitriles is 1. The molecule has 0 aromatic heterocycles. The van der Waals surface area contributed by atoms with Crippen molar-refractivity contribution in [1.29, 1.82) is 5.26 Å². The number of likely N-dealkylation sites (tertiary alicyclic amines) is 1. The standard InChI is InChI=1S/C23H28F3N3O4/c1-6-16(2)33-29(19(30)17-8-7-9-18(14-17)23(24,25)26)22(15-27)10-12-28(13-11-22)20(31)32-21(3,4)5/h7-9,14H,2,6,10-13H2,1,3-5H3. The van der Waals surface area contributed by atoms with Crippen molar-refractivity contribution in [3.05, 3.63) is 47.7 Å². The Balaban J connectivity index is 2.35. The van der Waals surface area contributed by atoms with Crippen LogP contribution in [-0.4, -0.2) is 46.2 Å². The molecule has 1 fully saturated rings. The summed E-state index contributed by atoms with van der Waals surface area (Å²) >= 11 is 0. The Morgan fingerprint density at radius 3 is 2.33 bits per heavy atom. The van der Waals surface area contributed by atoms with Crippen molar-refractivity contribution in [3.8, 4) is 6.07 Å². The SMILES string of the molecule is C=C(CC)ON(C(=O)c1cccc(C(F)(F)F)c1)C1(C#N)CCN(C(=O)OC(C)(C)C)CC1. The molecule has 1 aliphatic rings. The largest absolute Gasteiger partial charge is 0.444 e.